The minimum absolute atomic E-state index is 0.0419. The van der Waals surface area contributed by atoms with Gasteiger partial charge in [-0.2, -0.15) is 0 Å². The third-order valence-corrected chi connectivity index (χ3v) is 3.77. The van der Waals surface area contributed by atoms with Crippen LogP contribution in [0, 0.1) is 5.92 Å². The SMILES string of the molecule is COc1ccc(N2CCC(C(=O)O)C2C)c(OC)c1. The second-order valence-electron chi connectivity index (χ2n) is 4.71. The average Bonchev–Trinajstić information content (AvgIpc) is 2.79. The zero-order chi connectivity index (χ0) is 14.0. The highest BCUT2D eigenvalue weighted by Crippen LogP contribution is 2.37. The van der Waals surface area contributed by atoms with Crippen LogP contribution >= 0.6 is 0 Å². The summed E-state index contributed by atoms with van der Waals surface area (Å²) < 4.78 is 10.5. The molecule has 0 aliphatic carbocycles. The highest BCUT2D eigenvalue weighted by atomic mass is 16.5. The van der Waals surface area contributed by atoms with Gasteiger partial charge in [-0.15, -0.1) is 0 Å². The molecule has 1 saturated heterocycles. The van der Waals surface area contributed by atoms with Crippen molar-refractivity contribution in [3.05, 3.63) is 18.2 Å². The number of ether oxygens (including phenoxy) is 2. The highest BCUT2D eigenvalue weighted by Gasteiger charge is 2.36. The average molecular weight is 265 g/mol. The summed E-state index contributed by atoms with van der Waals surface area (Å²) in [7, 11) is 3.21. The van der Waals surface area contributed by atoms with Crippen molar-refractivity contribution in [2.75, 3.05) is 25.7 Å². The molecule has 1 N–H and O–H groups in total. The van der Waals surface area contributed by atoms with Gasteiger partial charge in [0.05, 0.1) is 25.8 Å². The molecule has 1 fully saturated rings. The molecule has 0 radical (unpaired) electrons. The molecular formula is C14H19NO4. The van der Waals surface area contributed by atoms with E-state index in [1.54, 1.807) is 14.2 Å². The molecule has 19 heavy (non-hydrogen) atoms. The van der Waals surface area contributed by atoms with E-state index < -0.39 is 5.97 Å². The minimum atomic E-state index is -0.734. The lowest BCUT2D eigenvalue weighted by atomic mass is 10.0. The second-order valence-corrected chi connectivity index (χ2v) is 4.71. The molecule has 2 unspecified atom stereocenters. The van der Waals surface area contributed by atoms with E-state index in [-0.39, 0.29) is 12.0 Å². The molecule has 104 valence electrons. The van der Waals surface area contributed by atoms with Crippen LogP contribution < -0.4 is 14.4 Å². The van der Waals surface area contributed by atoms with Gasteiger partial charge in [0, 0.05) is 18.7 Å². The Bertz CT molecular complexity index is 475. The Morgan fingerprint density at radius 3 is 2.63 bits per heavy atom. The predicted octanol–water partition coefficient (Wildman–Crippen LogP) is 2.00. The number of carboxylic acid groups (broad SMARTS) is 1. The first-order valence-corrected chi connectivity index (χ1v) is 6.30. The normalized spacial score (nSPS) is 22.4. The van der Waals surface area contributed by atoms with Gasteiger partial charge in [-0.1, -0.05) is 0 Å². The van der Waals surface area contributed by atoms with Crippen LogP contribution in [0.15, 0.2) is 18.2 Å². The van der Waals surface area contributed by atoms with Gasteiger partial charge in [-0.25, -0.2) is 0 Å². The van der Waals surface area contributed by atoms with Crippen LogP contribution in [0.1, 0.15) is 13.3 Å². The molecule has 1 aliphatic heterocycles. The molecule has 1 aliphatic rings. The standard InChI is InChI=1S/C14H19NO4/c1-9-11(14(16)17)6-7-15(9)12-5-4-10(18-2)8-13(12)19-3/h4-5,8-9,11H,6-7H2,1-3H3,(H,16,17). The summed E-state index contributed by atoms with van der Waals surface area (Å²) in [6.07, 6.45) is 0.658. The molecule has 0 spiro atoms. The fourth-order valence-electron chi connectivity index (χ4n) is 2.63. The van der Waals surface area contributed by atoms with Crippen molar-refractivity contribution in [2.24, 2.45) is 5.92 Å². The smallest absolute Gasteiger partial charge is 0.308 e. The van der Waals surface area contributed by atoms with E-state index in [1.165, 1.54) is 0 Å². The van der Waals surface area contributed by atoms with Crippen LogP contribution in [0.5, 0.6) is 11.5 Å². The monoisotopic (exact) mass is 265 g/mol. The van der Waals surface area contributed by atoms with Crippen LogP contribution in [0.3, 0.4) is 0 Å². The molecule has 5 heteroatoms. The maximum absolute atomic E-state index is 11.2. The van der Waals surface area contributed by atoms with Gasteiger partial charge in [0.1, 0.15) is 11.5 Å². The molecule has 0 amide bonds. The quantitative estimate of drug-likeness (QED) is 0.902. The van der Waals surface area contributed by atoms with Crippen LogP contribution in [0.4, 0.5) is 5.69 Å². The lowest BCUT2D eigenvalue weighted by Gasteiger charge is -2.27. The van der Waals surface area contributed by atoms with Gasteiger partial charge in [0.25, 0.3) is 0 Å². The first-order chi connectivity index (χ1) is 9.08. The summed E-state index contributed by atoms with van der Waals surface area (Å²) in [5.74, 6) is 0.369. The number of carbonyl (C=O) groups is 1. The van der Waals surface area contributed by atoms with E-state index in [2.05, 4.69) is 4.90 Å². The van der Waals surface area contributed by atoms with Crippen molar-refractivity contribution in [2.45, 2.75) is 19.4 Å². The molecule has 2 atom stereocenters. The molecule has 2 rings (SSSR count). The molecule has 0 aromatic heterocycles. The lowest BCUT2D eigenvalue weighted by molar-refractivity contribution is -0.141. The Kier molecular flexibility index (Phi) is 3.83. The van der Waals surface area contributed by atoms with Gasteiger partial charge < -0.3 is 19.5 Å². The highest BCUT2D eigenvalue weighted by molar-refractivity contribution is 5.74. The first kappa shape index (κ1) is 13.5. The lowest BCUT2D eigenvalue weighted by Crippen LogP contribution is -2.33. The van der Waals surface area contributed by atoms with E-state index in [0.29, 0.717) is 12.2 Å². The molecule has 0 bridgehead atoms. The largest absolute Gasteiger partial charge is 0.497 e. The van der Waals surface area contributed by atoms with Crippen molar-refractivity contribution in [3.8, 4) is 11.5 Å². The van der Waals surface area contributed by atoms with E-state index in [1.807, 2.05) is 25.1 Å². The third-order valence-electron chi connectivity index (χ3n) is 3.77. The fourth-order valence-corrected chi connectivity index (χ4v) is 2.63. The van der Waals surface area contributed by atoms with Crippen molar-refractivity contribution in [1.82, 2.24) is 0 Å². The zero-order valence-electron chi connectivity index (χ0n) is 11.4. The van der Waals surface area contributed by atoms with E-state index in [4.69, 9.17) is 9.47 Å². The Labute approximate surface area is 112 Å². The van der Waals surface area contributed by atoms with Crippen LogP contribution in [0.25, 0.3) is 0 Å². The maximum atomic E-state index is 11.2. The topological polar surface area (TPSA) is 59.0 Å². The number of anilines is 1. The van der Waals surface area contributed by atoms with Gasteiger partial charge in [-0.05, 0) is 25.5 Å². The molecule has 1 aromatic carbocycles. The van der Waals surface area contributed by atoms with Gasteiger partial charge in [-0.3, -0.25) is 4.79 Å². The number of nitrogens with zero attached hydrogens (tertiary/aromatic N) is 1. The van der Waals surface area contributed by atoms with Crippen LogP contribution in [0.2, 0.25) is 0 Å². The number of methoxy groups -OCH3 is 2. The molecule has 1 aromatic rings. The molecular weight excluding hydrogens is 246 g/mol. The Morgan fingerprint density at radius 1 is 1.37 bits per heavy atom. The number of rotatable bonds is 4. The second kappa shape index (κ2) is 5.38. The fraction of sp³-hybridized carbons (Fsp3) is 0.500. The summed E-state index contributed by atoms with van der Waals surface area (Å²) in [6.45, 7) is 2.66. The zero-order valence-corrected chi connectivity index (χ0v) is 11.4. The predicted molar refractivity (Wildman–Crippen MR) is 72.1 cm³/mol. The summed E-state index contributed by atoms with van der Waals surface area (Å²) in [4.78, 5) is 13.2. The number of hydrogen-bond donors (Lipinski definition) is 1. The van der Waals surface area contributed by atoms with Crippen molar-refractivity contribution < 1.29 is 19.4 Å². The van der Waals surface area contributed by atoms with E-state index in [0.717, 1.165) is 18.0 Å². The van der Waals surface area contributed by atoms with Gasteiger partial charge >= 0.3 is 5.97 Å². The van der Waals surface area contributed by atoms with Crippen molar-refractivity contribution in [1.29, 1.82) is 0 Å². The molecule has 1 heterocycles. The van der Waals surface area contributed by atoms with Gasteiger partial charge in [0.15, 0.2) is 0 Å². The van der Waals surface area contributed by atoms with Gasteiger partial charge in [0.2, 0.25) is 0 Å². The molecule has 5 nitrogen and oxygen atoms in total. The maximum Gasteiger partial charge on any atom is 0.308 e. The Hall–Kier alpha value is -1.91. The third kappa shape index (κ3) is 2.45. The number of carboxylic acids is 1. The summed E-state index contributed by atoms with van der Waals surface area (Å²) in [5, 5.41) is 9.18. The summed E-state index contributed by atoms with van der Waals surface area (Å²) in [5.41, 5.74) is 0.916. The summed E-state index contributed by atoms with van der Waals surface area (Å²) >= 11 is 0. The van der Waals surface area contributed by atoms with E-state index in [9.17, 15) is 9.90 Å². The van der Waals surface area contributed by atoms with E-state index >= 15 is 0 Å². The Balaban J connectivity index is 2.30. The summed E-state index contributed by atoms with van der Waals surface area (Å²) in [6, 6.07) is 5.55. The van der Waals surface area contributed by atoms with Crippen molar-refractivity contribution >= 4 is 11.7 Å². The molecule has 0 saturated carbocycles. The number of benzene rings is 1. The van der Waals surface area contributed by atoms with Crippen LogP contribution in [-0.2, 0) is 4.79 Å². The number of aliphatic carboxylic acids is 1. The Morgan fingerprint density at radius 2 is 2.11 bits per heavy atom. The number of hydrogen-bond acceptors (Lipinski definition) is 4. The van der Waals surface area contributed by atoms with Crippen molar-refractivity contribution in [3.63, 3.8) is 0 Å². The van der Waals surface area contributed by atoms with Crippen LogP contribution in [-0.4, -0.2) is 37.9 Å². The minimum Gasteiger partial charge on any atom is -0.497 e. The first-order valence-electron chi connectivity index (χ1n) is 6.30.